The van der Waals surface area contributed by atoms with Gasteiger partial charge in [-0.3, -0.25) is 10.1 Å². The van der Waals surface area contributed by atoms with Crippen molar-refractivity contribution in [3.05, 3.63) is 27.7 Å². The average Bonchev–Trinajstić information content (AvgIpc) is 2.96. The maximum Gasteiger partial charge on any atom is 0.259 e. The van der Waals surface area contributed by atoms with E-state index in [2.05, 4.69) is 26.2 Å². The minimum atomic E-state index is -0.336. The number of benzene rings is 1. The van der Waals surface area contributed by atoms with Gasteiger partial charge in [0.25, 0.3) is 5.91 Å². The molecule has 6 nitrogen and oxygen atoms in total. The predicted octanol–water partition coefficient (Wildman–Crippen LogP) is 2.47. The van der Waals surface area contributed by atoms with Gasteiger partial charge in [0.15, 0.2) is 16.6 Å². The van der Waals surface area contributed by atoms with E-state index < -0.39 is 0 Å². The van der Waals surface area contributed by atoms with Crippen LogP contribution in [0.1, 0.15) is 10.4 Å². The van der Waals surface area contributed by atoms with Crippen LogP contribution < -0.4 is 20.5 Å². The number of carbonyl (C=O) groups is 1. The van der Waals surface area contributed by atoms with E-state index in [0.29, 0.717) is 27.9 Å². The van der Waals surface area contributed by atoms with Crippen molar-refractivity contribution in [2.24, 2.45) is 0 Å². The molecule has 0 fully saturated rings. The lowest BCUT2D eigenvalue weighted by atomic mass is 10.1. The number of hydrogen-bond acceptors (Lipinski definition) is 6. The number of nitrogens with two attached hydrogens (primary N) is 1. The molecule has 0 spiro atoms. The van der Waals surface area contributed by atoms with Gasteiger partial charge in [0.05, 0.1) is 15.5 Å². The Morgan fingerprint density at radius 2 is 2.16 bits per heavy atom. The molecule has 2 heterocycles. The highest BCUT2D eigenvalue weighted by molar-refractivity contribution is 9.11. The van der Waals surface area contributed by atoms with E-state index in [-0.39, 0.29) is 12.7 Å². The Morgan fingerprint density at radius 1 is 1.42 bits per heavy atom. The van der Waals surface area contributed by atoms with E-state index >= 15 is 0 Å². The number of halogens is 1. The van der Waals surface area contributed by atoms with Crippen molar-refractivity contribution in [1.82, 2.24) is 4.98 Å². The summed E-state index contributed by atoms with van der Waals surface area (Å²) in [6, 6.07) is 3.14. The topological polar surface area (TPSA) is 86.5 Å². The van der Waals surface area contributed by atoms with Crippen LogP contribution in [0.25, 0.3) is 0 Å². The summed E-state index contributed by atoms with van der Waals surface area (Å²) in [5.41, 5.74) is 6.49. The van der Waals surface area contributed by atoms with Crippen LogP contribution in [-0.2, 0) is 0 Å². The predicted molar refractivity (Wildman–Crippen MR) is 74.7 cm³/mol. The van der Waals surface area contributed by atoms with Crippen molar-refractivity contribution in [2.75, 3.05) is 17.8 Å². The minimum absolute atomic E-state index is 0.138. The van der Waals surface area contributed by atoms with Gasteiger partial charge in [-0.1, -0.05) is 11.3 Å². The van der Waals surface area contributed by atoms with Gasteiger partial charge in [0.1, 0.15) is 0 Å². The zero-order valence-corrected chi connectivity index (χ0v) is 11.9. The Labute approximate surface area is 120 Å². The standard InChI is InChI=1S/C11H8BrN3O3S/c12-9-3-14-11(19-9)15-10(16)5-1-7-8(2-6(5)13)18-4-17-7/h1-3H,4,13H2,(H,14,15,16). The molecular weight excluding hydrogens is 334 g/mol. The molecular formula is C11H8BrN3O3S. The largest absolute Gasteiger partial charge is 0.454 e. The van der Waals surface area contributed by atoms with E-state index in [1.165, 1.54) is 11.3 Å². The molecule has 3 N–H and O–H groups in total. The molecule has 0 bridgehead atoms. The lowest BCUT2D eigenvalue weighted by Gasteiger charge is -2.06. The fourth-order valence-corrected chi connectivity index (χ4v) is 2.73. The smallest absolute Gasteiger partial charge is 0.259 e. The van der Waals surface area contributed by atoms with Crippen LogP contribution >= 0.6 is 27.3 Å². The number of anilines is 2. The molecule has 0 saturated heterocycles. The average molecular weight is 342 g/mol. The Balaban J connectivity index is 1.87. The van der Waals surface area contributed by atoms with Crippen LogP contribution in [0.2, 0.25) is 0 Å². The number of amides is 1. The van der Waals surface area contributed by atoms with Crippen LogP contribution in [-0.4, -0.2) is 17.7 Å². The minimum Gasteiger partial charge on any atom is -0.454 e. The molecule has 19 heavy (non-hydrogen) atoms. The van der Waals surface area contributed by atoms with Crippen molar-refractivity contribution < 1.29 is 14.3 Å². The van der Waals surface area contributed by atoms with Gasteiger partial charge < -0.3 is 15.2 Å². The molecule has 0 unspecified atom stereocenters. The Morgan fingerprint density at radius 3 is 2.84 bits per heavy atom. The number of nitrogens with one attached hydrogen (secondary N) is 1. The molecule has 2 aromatic rings. The van der Waals surface area contributed by atoms with Crippen LogP contribution in [0.3, 0.4) is 0 Å². The first-order valence-corrected chi connectivity index (χ1v) is 6.86. The fraction of sp³-hybridized carbons (Fsp3) is 0.0909. The van der Waals surface area contributed by atoms with Crippen molar-refractivity contribution >= 4 is 44.0 Å². The summed E-state index contributed by atoms with van der Waals surface area (Å²) in [6.07, 6.45) is 1.61. The molecule has 1 aromatic carbocycles. The van der Waals surface area contributed by atoms with Crippen LogP contribution in [0.4, 0.5) is 10.8 Å². The van der Waals surface area contributed by atoms with Crippen molar-refractivity contribution in [3.8, 4) is 11.5 Å². The lowest BCUT2D eigenvalue weighted by Crippen LogP contribution is -2.13. The molecule has 0 atom stereocenters. The molecule has 1 aliphatic heterocycles. The summed E-state index contributed by atoms with van der Waals surface area (Å²) < 4.78 is 11.2. The lowest BCUT2D eigenvalue weighted by molar-refractivity contribution is 0.102. The molecule has 1 amide bonds. The second kappa shape index (κ2) is 4.71. The van der Waals surface area contributed by atoms with E-state index in [0.717, 1.165) is 3.79 Å². The molecule has 0 aliphatic carbocycles. The van der Waals surface area contributed by atoms with E-state index in [1.54, 1.807) is 18.3 Å². The molecule has 1 aromatic heterocycles. The molecule has 98 valence electrons. The first-order valence-electron chi connectivity index (χ1n) is 5.25. The van der Waals surface area contributed by atoms with Gasteiger partial charge in [-0.2, -0.15) is 0 Å². The van der Waals surface area contributed by atoms with Gasteiger partial charge in [-0.15, -0.1) is 0 Å². The number of fused-ring (bicyclic) bond motifs is 1. The first-order chi connectivity index (χ1) is 9.13. The maximum absolute atomic E-state index is 12.1. The Kier molecular flexibility index (Phi) is 3.03. The highest BCUT2D eigenvalue weighted by Gasteiger charge is 2.20. The number of ether oxygens (including phenoxy) is 2. The van der Waals surface area contributed by atoms with Gasteiger partial charge in [0, 0.05) is 11.8 Å². The second-order valence-electron chi connectivity index (χ2n) is 3.72. The molecule has 1 aliphatic rings. The Hall–Kier alpha value is -1.80. The number of hydrogen-bond donors (Lipinski definition) is 2. The van der Waals surface area contributed by atoms with Crippen molar-refractivity contribution in [1.29, 1.82) is 0 Å². The van der Waals surface area contributed by atoms with Gasteiger partial charge in [-0.05, 0) is 22.0 Å². The third-order valence-corrected chi connectivity index (χ3v) is 3.88. The highest BCUT2D eigenvalue weighted by atomic mass is 79.9. The number of nitrogen functional groups attached to an aromatic ring is 1. The SMILES string of the molecule is Nc1cc2c(cc1C(=O)Nc1ncc(Br)s1)OCO2. The summed E-state index contributed by atoms with van der Waals surface area (Å²) in [4.78, 5) is 16.1. The van der Waals surface area contributed by atoms with Crippen molar-refractivity contribution in [2.45, 2.75) is 0 Å². The van der Waals surface area contributed by atoms with Crippen LogP contribution in [0, 0.1) is 0 Å². The van der Waals surface area contributed by atoms with Gasteiger partial charge >= 0.3 is 0 Å². The summed E-state index contributed by atoms with van der Waals surface area (Å²) in [7, 11) is 0. The maximum atomic E-state index is 12.1. The first kappa shape index (κ1) is 12.2. The summed E-state index contributed by atoms with van der Waals surface area (Å²) in [5.74, 6) is 0.725. The molecule has 3 rings (SSSR count). The molecule has 0 saturated carbocycles. The monoisotopic (exact) mass is 341 g/mol. The fourth-order valence-electron chi connectivity index (χ4n) is 1.63. The summed E-state index contributed by atoms with van der Waals surface area (Å²) in [6.45, 7) is 0.138. The Bertz CT molecular complexity index is 659. The van der Waals surface area contributed by atoms with E-state index in [9.17, 15) is 4.79 Å². The van der Waals surface area contributed by atoms with Gasteiger partial charge in [0.2, 0.25) is 6.79 Å². The molecule has 8 heteroatoms. The summed E-state index contributed by atoms with van der Waals surface area (Å²) >= 11 is 4.60. The third-order valence-electron chi connectivity index (χ3n) is 2.49. The second-order valence-corrected chi connectivity index (χ2v) is 6.13. The number of aromatic nitrogens is 1. The number of rotatable bonds is 2. The number of thiazole rings is 1. The van der Waals surface area contributed by atoms with Gasteiger partial charge in [-0.25, -0.2) is 4.98 Å². The summed E-state index contributed by atoms with van der Waals surface area (Å²) in [5, 5.41) is 3.17. The number of nitrogens with zero attached hydrogens (tertiary/aromatic N) is 1. The quantitative estimate of drug-likeness (QED) is 0.819. The zero-order valence-electron chi connectivity index (χ0n) is 9.47. The van der Waals surface area contributed by atoms with Crippen molar-refractivity contribution in [3.63, 3.8) is 0 Å². The van der Waals surface area contributed by atoms with E-state index in [1.807, 2.05) is 0 Å². The van der Waals surface area contributed by atoms with Crippen LogP contribution in [0.5, 0.6) is 11.5 Å². The van der Waals surface area contributed by atoms with Crippen LogP contribution in [0.15, 0.2) is 22.1 Å². The zero-order chi connectivity index (χ0) is 13.4. The third kappa shape index (κ3) is 2.36. The molecule has 0 radical (unpaired) electrons. The number of carbonyl (C=O) groups excluding carboxylic acids is 1. The van der Waals surface area contributed by atoms with E-state index in [4.69, 9.17) is 15.2 Å². The normalized spacial score (nSPS) is 12.5. The highest BCUT2D eigenvalue weighted by Crippen LogP contribution is 2.36.